The summed E-state index contributed by atoms with van der Waals surface area (Å²) in [5.41, 5.74) is 1.60. The Balaban J connectivity index is 1.70. The number of aromatic nitrogens is 2. The van der Waals surface area contributed by atoms with Crippen LogP contribution < -0.4 is 5.32 Å². The van der Waals surface area contributed by atoms with E-state index in [1.165, 1.54) is 30.0 Å². The molecule has 0 aliphatic heterocycles. The molecule has 0 aromatic carbocycles. The second kappa shape index (κ2) is 6.10. The van der Waals surface area contributed by atoms with Crippen molar-refractivity contribution in [1.82, 2.24) is 14.9 Å². The summed E-state index contributed by atoms with van der Waals surface area (Å²) in [5.74, 6) is 1.18. The maximum atomic E-state index is 4.43. The summed E-state index contributed by atoms with van der Waals surface area (Å²) in [6.07, 6.45) is 9.99. The molecule has 1 aliphatic carbocycles. The first-order valence-electron chi connectivity index (χ1n) is 7.59. The Morgan fingerprint density at radius 3 is 3.05 bits per heavy atom. The van der Waals surface area contributed by atoms with Crippen LogP contribution in [0.1, 0.15) is 46.9 Å². The highest BCUT2D eigenvalue weighted by atomic mass is 32.1. The summed E-state index contributed by atoms with van der Waals surface area (Å²) < 4.78 is 2.12. The molecule has 0 amide bonds. The first kappa shape index (κ1) is 13.8. The summed E-state index contributed by atoms with van der Waals surface area (Å²) in [6.45, 7) is 3.21. The summed E-state index contributed by atoms with van der Waals surface area (Å²) in [6, 6.07) is 2.92. The van der Waals surface area contributed by atoms with Gasteiger partial charge in [-0.25, -0.2) is 4.98 Å². The Morgan fingerprint density at radius 1 is 1.45 bits per heavy atom. The highest BCUT2D eigenvalue weighted by Crippen LogP contribution is 2.35. The third-order valence-corrected chi connectivity index (χ3v) is 5.49. The third kappa shape index (κ3) is 2.81. The number of nitrogens with one attached hydrogen (secondary N) is 1. The minimum atomic E-state index is 0.479. The normalized spacial score (nSPS) is 15.5. The van der Waals surface area contributed by atoms with Gasteiger partial charge in [0.1, 0.15) is 5.82 Å². The largest absolute Gasteiger partial charge is 0.338 e. The molecule has 4 heteroatoms. The first-order valence-corrected chi connectivity index (χ1v) is 8.40. The number of rotatable bonds is 6. The Hall–Kier alpha value is -1.13. The van der Waals surface area contributed by atoms with Gasteiger partial charge < -0.3 is 9.88 Å². The number of imidazole rings is 1. The molecule has 2 aromatic rings. The molecule has 0 bridgehead atoms. The lowest BCUT2D eigenvalue weighted by Gasteiger charge is -2.16. The Kier molecular flexibility index (Phi) is 4.22. The summed E-state index contributed by atoms with van der Waals surface area (Å²) in [5, 5.41) is 3.64. The van der Waals surface area contributed by atoms with E-state index in [0.717, 1.165) is 19.4 Å². The molecule has 0 saturated heterocycles. The molecule has 2 heterocycles. The van der Waals surface area contributed by atoms with Gasteiger partial charge in [-0.3, -0.25) is 0 Å². The number of aryl methyl sites for hydroxylation is 4. The fourth-order valence-corrected chi connectivity index (χ4v) is 4.39. The van der Waals surface area contributed by atoms with Crippen molar-refractivity contribution in [2.45, 2.75) is 45.1 Å². The van der Waals surface area contributed by atoms with Crippen LogP contribution in [0.5, 0.6) is 0 Å². The molecule has 0 radical (unpaired) electrons. The van der Waals surface area contributed by atoms with Gasteiger partial charge in [0.2, 0.25) is 0 Å². The zero-order valence-electron chi connectivity index (χ0n) is 12.4. The molecule has 108 valence electrons. The van der Waals surface area contributed by atoms with Crippen molar-refractivity contribution >= 4 is 11.3 Å². The van der Waals surface area contributed by atoms with E-state index in [1.807, 2.05) is 23.7 Å². The zero-order valence-corrected chi connectivity index (χ0v) is 13.2. The van der Waals surface area contributed by atoms with Crippen molar-refractivity contribution in [3.05, 3.63) is 39.6 Å². The number of hydrogen-bond donors (Lipinski definition) is 1. The lowest BCUT2D eigenvalue weighted by molar-refractivity contribution is 0.512. The Labute approximate surface area is 125 Å². The lowest BCUT2D eigenvalue weighted by atomic mass is 10.1. The van der Waals surface area contributed by atoms with E-state index in [9.17, 15) is 0 Å². The third-order valence-electron chi connectivity index (χ3n) is 4.14. The van der Waals surface area contributed by atoms with Crippen LogP contribution in [0.2, 0.25) is 0 Å². The molecule has 1 aliphatic rings. The van der Waals surface area contributed by atoms with Gasteiger partial charge in [0.05, 0.1) is 0 Å². The molecule has 3 rings (SSSR count). The topological polar surface area (TPSA) is 29.9 Å². The van der Waals surface area contributed by atoms with Gasteiger partial charge in [0.15, 0.2) is 0 Å². The molecular formula is C16H23N3S. The molecule has 2 aromatic heterocycles. The van der Waals surface area contributed by atoms with E-state index in [0.29, 0.717) is 6.04 Å². The molecule has 1 unspecified atom stereocenters. The lowest BCUT2D eigenvalue weighted by Crippen LogP contribution is -2.21. The smallest absolute Gasteiger partial charge is 0.108 e. The van der Waals surface area contributed by atoms with Crippen LogP contribution >= 0.6 is 11.3 Å². The molecule has 0 saturated carbocycles. The van der Waals surface area contributed by atoms with E-state index in [1.54, 1.807) is 10.4 Å². The average molecular weight is 289 g/mol. The van der Waals surface area contributed by atoms with Gasteiger partial charge in [-0.1, -0.05) is 6.92 Å². The van der Waals surface area contributed by atoms with Gasteiger partial charge in [0, 0.05) is 41.7 Å². The van der Waals surface area contributed by atoms with Crippen molar-refractivity contribution < 1.29 is 0 Å². The predicted octanol–water partition coefficient (Wildman–Crippen LogP) is 3.25. The fourth-order valence-electron chi connectivity index (χ4n) is 3.03. The predicted molar refractivity (Wildman–Crippen MR) is 84.3 cm³/mol. The summed E-state index contributed by atoms with van der Waals surface area (Å²) in [4.78, 5) is 7.57. The first-order chi connectivity index (χ1) is 9.78. The van der Waals surface area contributed by atoms with Crippen molar-refractivity contribution in [1.29, 1.82) is 0 Å². The average Bonchev–Trinajstić information content (AvgIpc) is 3.10. The molecular weight excluding hydrogens is 266 g/mol. The van der Waals surface area contributed by atoms with Crippen molar-refractivity contribution in [2.24, 2.45) is 7.05 Å². The Morgan fingerprint density at radius 2 is 2.35 bits per heavy atom. The SMILES string of the molecule is CCNC(CCc1nccn1C)c1cc2c(s1)CCC2. The van der Waals surface area contributed by atoms with Gasteiger partial charge >= 0.3 is 0 Å². The van der Waals surface area contributed by atoms with Crippen LogP contribution in [0, 0.1) is 0 Å². The van der Waals surface area contributed by atoms with Gasteiger partial charge in [-0.05, 0) is 43.9 Å². The van der Waals surface area contributed by atoms with Gasteiger partial charge in [-0.15, -0.1) is 11.3 Å². The van der Waals surface area contributed by atoms with Crippen molar-refractivity contribution in [3.63, 3.8) is 0 Å². The van der Waals surface area contributed by atoms with E-state index in [2.05, 4.69) is 34.9 Å². The minimum Gasteiger partial charge on any atom is -0.338 e. The molecule has 3 nitrogen and oxygen atoms in total. The Bertz CT molecular complexity index is 549. The monoisotopic (exact) mass is 289 g/mol. The van der Waals surface area contributed by atoms with E-state index in [4.69, 9.17) is 0 Å². The fraction of sp³-hybridized carbons (Fsp3) is 0.562. The number of nitrogens with zero attached hydrogens (tertiary/aromatic N) is 2. The van der Waals surface area contributed by atoms with E-state index >= 15 is 0 Å². The van der Waals surface area contributed by atoms with Gasteiger partial charge in [0.25, 0.3) is 0 Å². The molecule has 20 heavy (non-hydrogen) atoms. The van der Waals surface area contributed by atoms with Crippen LogP contribution in [0.4, 0.5) is 0 Å². The number of thiophene rings is 1. The molecule has 1 atom stereocenters. The van der Waals surface area contributed by atoms with Crippen LogP contribution in [-0.4, -0.2) is 16.1 Å². The van der Waals surface area contributed by atoms with Crippen molar-refractivity contribution in [2.75, 3.05) is 6.54 Å². The zero-order chi connectivity index (χ0) is 13.9. The second-order valence-electron chi connectivity index (χ2n) is 5.55. The molecule has 0 fully saturated rings. The van der Waals surface area contributed by atoms with Crippen LogP contribution in [0.15, 0.2) is 18.5 Å². The number of fused-ring (bicyclic) bond motifs is 1. The highest BCUT2D eigenvalue weighted by molar-refractivity contribution is 7.12. The van der Waals surface area contributed by atoms with Crippen LogP contribution in [-0.2, 0) is 26.3 Å². The minimum absolute atomic E-state index is 0.479. The molecule has 1 N–H and O–H groups in total. The highest BCUT2D eigenvalue weighted by Gasteiger charge is 2.20. The van der Waals surface area contributed by atoms with E-state index < -0.39 is 0 Å². The van der Waals surface area contributed by atoms with Crippen molar-refractivity contribution in [3.8, 4) is 0 Å². The molecule has 0 spiro atoms. The van der Waals surface area contributed by atoms with E-state index in [-0.39, 0.29) is 0 Å². The standard InChI is InChI=1S/C16H23N3S/c1-3-17-13(7-8-16-18-9-10-19(16)2)15-11-12-5-4-6-14(12)20-15/h9-11,13,17H,3-8H2,1-2H3. The summed E-state index contributed by atoms with van der Waals surface area (Å²) >= 11 is 2.02. The maximum Gasteiger partial charge on any atom is 0.108 e. The van der Waals surface area contributed by atoms with Crippen LogP contribution in [0.3, 0.4) is 0 Å². The summed E-state index contributed by atoms with van der Waals surface area (Å²) in [7, 11) is 2.07. The maximum absolute atomic E-state index is 4.43. The van der Waals surface area contributed by atoms with Gasteiger partial charge in [-0.2, -0.15) is 0 Å². The quantitative estimate of drug-likeness (QED) is 0.884. The second-order valence-corrected chi connectivity index (χ2v) is 6.72. The van der Waals surface area contributed by atoms with Crippen LogP contribution in [0.25, 0.3) is 0 Å². The number of hydrogen-bond acceptors (Lipinski definition) is 3.